The van der Waals surface area contributed by atoms with Crippen molar-refractivity contribution in [3.8, 4) is 5.75 Å². The molecule has 2 atom stereocenters. The van der Waals surface area contributed by atoms with Crippen LogP contribution >= 0.6 is 0 Å². The molecule has 0 aromatic heterocycles. The van der Waals surface area contributed by atoms with Crippen LogP contribution in [-0.2, 0) is 9.53 Å². The van der Waals surface area contributed by atoms with Crippen molar-refractivity contribution in [3.05, 3.63) is 64.7 Å². The molecular formula is C18H18O3. The van der Waals surface area contributed by atoms with Gasteiger partial charge < -0.3 is 9.47 Å². The number of carbonyl (C=O) groups excluding carboxylic acids is 1. The van der Waals surface area contributed by atoms with Crippen LogP contribution in [0.1, 0.15) is 28.2 Å². The summed E-state index contributed by atoms with van der Waals surface area (Å²) >= 11 is 0. The molecule has 0 radical (unpaired) electrons. The molecule has 0 amide bonds. The summed E-state index contributed by atoms with van der Waals surface area (Å²) in [4.78, 5) is 12.1. The van der Waals surface area contributed by atoms with Crippen LogP contribution in [0.25, 0.3) is 0 Å². The molecule has 0 N–H and O–H groups in total. The minimum absolute atomic E-state index is 0.116. The van der Waals surface area contributed by atoms with Crippen LogP contribution in [0.5, 0.6) is 5.75 Å². The Kier molecular flexibility index (Phi) is 3.42. The predicted molar refractivity (Wildman–Crippen MR) is 80.6 cm³/mol. The van der Waals surface area contributed by atoms with E-state index in [1.807, 2.05) is 43.3 Å². The molecule has 2 unspecified atom stereocenters. The maximum absolute atomic E-state index is 12.1. The van der Waals surface area contributed by atoms with Crippen molar-refractivity contribution in [2.24, 2.45) is 0 Å². The van der Waals surface area contributed by atoms with Gasteiger partial charge in [-0.15, -0.1) is 0 Å². The van der Waals surface area contributed by atoms with E-state index in [1.165, 1.54) is 7.11 Å². The number of hydrogen-bond acceptors (Lipinski definition) is 3. The second-order valence-corrected chi connectivity index (χ2v) is 5.44. The maximum Gasteiger partial charge on any atom is 0.348 e. The van der Waals surface area contributed by atoms with Gasteiger partial charge in [-0.3, -0.25) is 0 Å². The van der Waals surface area contributed by atoms with Gasteiger partial charge in [-0.25, -0.2) is 4.79 Å². The normalized spacial score (nSPS) is 19.8. The van der Waals surface area contributed by atoms with E-state index in [0.29, 0.717) is 0 Å². The smallest absolute Gasteiger partial charge is 0.348 e. The summed E-state index contributed by atoms with van der Waals surface area (Å²) in [6, 6.07) is 14.1. The number of rotatable bonds is 2. The van der Waals surface area contributed by atoms with Gasteiger partial charge in [-0.2, -0.15) is 0 Å². The minimum atomic E-state index is -0.618. The van der Waals surface area contributed by atoms with Crippen LogP contribution in [-0.4, -0.2) is 19.2 Å². The lowest BCUT2D eigenvalue weighted by atomic mass is 9.85. The fraction of sp³-hybridized carbons (Fsp3) is 0.278. The van der Waals surface area contributed by atoms with Gasteiger partial charge in [-0.1, -0.05) is 36.4 Å². The molecule has 0 fully saturated rings. The third kappa shape index (κ3) is 2.29. The maximum atomic E-state index is 12.1. The zero-order chi connectivity index (χ0) is 15.0. The lowest BCUT2D eigenvalue weighted by Gasteiger charge is -2.18. The summed E-state index contributed by atoms with van der Waals surface area (Å²) in [5, 5.41) is 0. The first-order chi connectivity index (χ1) is 10.1. The second kappa shape index (κ2) is 5.24. The fourth-order valence-corrected chi connectivity index (χ4v) is 3.09. The van der Waals surface area contributed by atoms with Crippen LogP contribution < -0.4 is 4.74 Å². The number of methoxy groups -OCH3 is 1. The summed E-state index contributed by atoms with van der Waals surface area (Å²) in [6.07, 6.45) is -0.618. The summed E-state index contributed by atoms with van der Waals surface area (Å²) in [7, 11) is 1.40. The Morgan fingerprint density at radius 2 is 1.86 bits per heavy atom. The lowest BCUT2D eigenvalue weighted by molar-refractivity contribution is -0.148. The van der Waals surface area contributed by atoms with Crippen LogP contribution in [0.3, 0.4) is 0 Å². The molecule has 21 heavy (non-hydrogen) atoms. The standard InChI is InChI=1S/C18H18O3/c1-11-9-12(2)15-14(10-11)21-17(18(19)20-3)16(15)13-7-5-4-6-8-13/h4-10,16-17H,1-3H3. The fourth-order valence-electron chi connectivity index (χ4n) is 3.09. The first kappa shape index (κ1) is 13.7. The number of aryl methyl sites for hydroxylation is 2. The van der Waals surface area contributed by atoms with Gasteiger partial charge in [0.25, 0.3) is 0 Å². The molecule has 0 aliphatic carbocycles. The Balaban J connectivity index is 2.16. The van der Waals surface area contributed by atoms with E-state index in [-0.39, 0.29) is 11.9 Å². The van der Waals surface area contributed by atoms with Crippen LogP contribution in [0.15, 0.2) is 42.5 Å². The molecule has 1 heterocycles. The summed E-state index contributed by atoms with van der Waals surface area (Å²) in [6.45, 7) is 4.09. The zero-order valence-corrected chi connectivity index (χ0v) is 12.4. The zero-order valence-electron chi connectivity index (χ0n) is 12.4. The number of benzene rings is 2. The van der Waals surface area contributed by atoms with Gasteiger partial charge >= 0.3 is 5.97 Å². The summed E-state index contributed by atoms with van der Waals surface area (Å²) in [5.74, 6) is 0.336. The molecule has 0 saturated carbocycles. The number of esters is 1. The van der Waals surface area contributed by atoms with Gasteiger partial charge in [0, 0.05) is 5.56 Å². The second-order valence-electron chi connectivity index (χ2n) is 5.44. The molecule has 3 heteroatoms. The Bertz CT molecular complexity index is 676. The number of hydrogen-bond donors (Lipinski definition) is 0. The molecule has 1 aliphatic heterocycles. The number of fused-ring (bicyclic) bond motifs is 1. The Morgan fingerprint density at radius 1 is 1.14 bits per heavy atom. The van der Waals surface area contributed by atoms with Crippen molar-refractivity contribution < 1.29 is 14.3 Å². The van der Waals surface area contributed by atoms with Crippen molar-refractivity contribution in [1.29, 1.82) is 0 Å². The van der Waals surface area contributed by atoms with Crippen LogP contribution in [0, 0.1) is 13.8 Å². The molecule has 0 bridgehead atoms. The van der Waals surface area contributed by atoms with E-state index in [1.54, 1.807) is 0 Å². The minimum Gasteiger partial charge on any atom is -0.477 e. The SMILES string of the molecule is COC(=O)C1Oc2cc(C)cc(C)c2C1c1ccccc1. The van der Waals surface area contributed by atoms with E-state index in [9.17, 15) is 4.79 Å². The van der Waals surface area contributed by atoms with E-state index in [0.717, 1.165) is 28.0 Å². The number of ether oxygens (including phenoxy) is 2. The molecule has 2 aromatic carbocycles. The Morgan fingerprint density at radius 3 is 2.52 bits per heavy atom. The van der Waals surface area contributed by atoms with Crippen molar-refractivity contribution >= 4 is 5.97 Å². The predicted octanol–water partition coefficient (Wildman–Crippen LogP) is 3.37. The highest BCUT2D eigenvalue weighted by Gasteiger charge is 2.42. The van der Waals surface area contributed by atoms with Gasteiger partial charge in [-0.05, 0) is 36.6 Å². The van der Waals surface area contributed by atoms with E-state index >= 15 is 0 Å². The van der Waals surface area contributed by atoms with Gasteiger partial charge in [0.05, 0.1) is 13.0 Å². The van der Waals surface area contributed by atoms with Gasteiger partial charge in [0.2, 0.25) is 6.10 Å². The van der Waals surface area contributed by atoms with Crippen molar-refractivity contribution in [1.82, 2.24) is 0 Å². The molecule has 1 aliphatic rings. The average Bonchev–Trinajstić information content (AvgIpc) is 2.86. The Hall–Kier alpha value is -2.29. The molecule has 3 nitrogen and oxygen atoms in total. The molecule has 0 saturated heterocycles. The van der Waals surface area contributed by atoms with Gasteiger partial charge in [0.1, 0.15) is 5.75 Å². The van der Waals surface area contributed by atoms with Crippen molar-refractivity contribution in [2.75, 3.05) is 7.11 Å². The highest BCUT2D eigenvalue weighted by molar-refractivity contribution is 5.79. The lowest BCUT2D eigenvalue weighted by Crippen LogP contribution is -2.31. The molecular weight excluding hydrogens is 264 g/mol. The molecule has 2 aromatic rings. The average molecular weight is 282 g/mol. The monoisotopic (exact) mass is 282 g/mol. The Labute approximate surface area is 124 Å². The van der Waals surface area contributed by atoms with E-state index in [4.69, 9.17) is 9.47 Å². The van der Waals surface area contributed by atoms with Crippen LogP contribution in [0.4, 0.5) is 0 Å². The largest absolute Gasteiger partial charge is 0.477 e. The molecule has 108 valence electrons. The molecule has 3 rings (SSSR count). The highest BCUT2D eigenvalue weighted by Crippen LogP contribution is 2.45. The van der Waals surface area contributed by atoms with Crippen molar-refractivity contribution in [2.45, 2.75) is 25.9 Å². The van der Waals surface area contributed by atoms with Gasteiger partial charge in [0.15, 0.2) is 0 Å². The summed E-state index contributed by atoms with van der Waals surface area (Å²) < 4.78 is 10.8. The van der Waals surface area contributed by atoms with Crippen LogP contribution in [0.2, 0.25) is 0 Å². The molecule has 0 spiro atoms. The first-order valence-corrected chi connectivity index (χ1v) is 7.02. The first-order valence-electron chi connectivity index (χ1n) is 7.02. The summed E-state index contributed by atoms with van der Waals surface area (Å²) in [5.41, 5.74) is 4.43. The quantitative estimate of drug-likeness (QED) is 0.792. The topological polar surface area (TPSA) is 35.5 Å². The third-order valence-corrected chi connectivity index (χ3v) is 3.95. The van der Waals surface area contributed by atoms with E-state index in [2.05, 4.69) is 13.0 Å². The van der Waals surface area contributed by atoms with Crippen molar-refractivity contribution in [3.63, 3.8) is 0 Å². The highest BCUT2D eigenvalue weighted by atomic mass is 16.6. The third-order valence-electron chi connectivity index (χ3n) is 3.95. The number of carbonyl (C=O) groups is 1. The van der Waals surface area contributed by atoms with E-state index < -0.39 is 6.10 Å².